The summed E-state index contributed by atoms with van der Waals surface area (Å²) in [5.41, 5.74) is 5.63. The number of anilines is 1. The Bertz CT molecular complexity index is 911. The molecule has 3 aromatic rings. The van der Waals surface area contributed by atoms with Gasteiger partial charge in [-0.15, -0.1) is 0 Å². The van der Waals surface area contributed by atoms with E-state index in [1.807, 2.05) is 25.3 Å². The first-order chi connectivity index (χ1) is 13.7. The number of rotatable bonds is 6. The van der Waals surface area contributed by atoms with Crippen molar-refractivity contribution < 1.29 is 4.74 Å². The van der Waals surface area contributed by atoms with Crippen LogP contribution < -0.4 is 15.0 Å². The van der Waals surface area contributed by atoms with Gasteiger partial charge in [-0.2, -0.15) is 5.10 Å². The summed E-state index contributed by atoms with van der Waals surface area (Å²) in [6.45, 7) is 8.67. The van der Waals surface area contributed by atoms with Crippen LogP contribution in [0.1, 0.15) is 17.0 Å². The van der Waals surface area contributed by atoms with Crippen molar-refractivity contribution in [2.75, 3.05) is 37.7 Å². The lowest BCUT2D eigenvalue weighted by atomic mass is 10.1. The predicted molar refractivity (Wildman–Crippen MR) is 112 cm³/mol. The average molecular weight is 377 g/mol. The number of piperazine rings is 1. The molecule has 0 atom stereocenters. The Morgan fingerprint density at radius 1 is 1.11 bits per heavy atom. The van der Waals surface area contributed by atoms with Gasteiger partial charge in [0.25, 0.3) is 0 Å². The summed E-state index contributed by atoms with van der Waals surface area (Å²) < 4.78 is 6.17. The number of hydrogen-bond donors (Lipinski definition) is 2. The summed E-state index contributed by atoms with van der Waals surface area (Å²) in [4.78, 5) is 6.91. The normalized spacial score (nSPS) is 14.3. The minimum Gasteiger partial charge on any atom is -0.493 e. The Hall–Kier alpha value is -2.86. The number of nitrogens with zero attached hydrogens (tertiary/aromatic N) is 3. The fraction of sp³-hybridized carbons (Fsp3) is 0.364. The first kappa shape index (κ1) is 18.5. The van der Waals surface area contributed by atoms with E-state index in [0.29, 0.717) is 6.61 Å². The molecule has 146 valence electrons. The lowest BCUT2D eigenvalue weighted by molar-refractivity contribution is 0.323. The maximum absolute atomic E-state index is 6.17. The predicted octanol–water partition coefficient (Wildman–Crippen LogP) is 3.12. The van der Waals surface area contributed by atoms with Crippen LogP contribution in [0.3, 0.4) is 0 Å². The average Bonchev–Trinajstić information content (AvgIpc) is 3.07. The number of aromatic amines is 1. The van der Waals surface area contributed by atoms with Gasteiger partial charge in [-0.05, 0) is 43.2 Å². The van der Waals surface area contributed by atoms with Crippen LogP contribution in [0.2, 0.25) is 0 Å². The van der Waals surface area contributed by atoms with Crippen molar-refractivity contribution in [3.63, 3.8) is 0 Å². The molecule has 0 bridgehead atoms. The second-order valence-corrected chi connectivity index (χ2v) is 7.15. The molecule has 0 aliphatic carbocycles. The summed E-state index contributed by atoms with van der Waals surface area (Å²) >= 11 is 0. The van der Waals surface area contributed by atoms with Gasteiger partial charge >= 0.3 is 0 Å². The van der Waals surface area contributed by atoms with Gasteiger partial charge in [0.15, 0.2) is 0 Å². The molecular weight excluding hydrogens is 350 g/mol. The number of H-pyrrole nitrogens is 1. The number of para-hydroxylation sites is 1. The van der Waals surface area contributed by atoms with Crippen molar-refractivity contribution in [3.05, 3.63) is 59.5 Å². The summed E-state index contributed by atoms with van der Waals surface area (Å²) in [6.07, 6.45) is 2.73. The van der Waals surface area contributed by atoms with Crippen molar-refractivity contribution in [1.29, 1.82) is 0 Å². The minimum absolute atomic E-state index is 0.619. The first-order valence-corrected chi connectivity index (χ1v) is 9.87. The van der Waals surface area contributed by atoms with Gasteiger partial charge in [0.05, 0.1) is 12.3 Å². The highest BCUT2D eigenvalue weighted by Crippen LogP contribution is 2.31. The fourth-order valence-corrected chi connectivity index (χ4v) is 3.69. The summed E-state index contributed by atoms with van der Waals surface area (Å²) in [7, 11) is 0. The zero-order valence-electron chi connectivity index (χ0n) is 16.5. The van der Waals surface area contributed by atoms with E-state index in [2.05, 4.69) is 56.6 Å². The summed E-state index contributed by atoms with van der Waals surface area (Å²) in [5.74, 6) is 1.93. The molecule has 6 nitrogen and oxygen atoms in total. The Kier molecular flexibility index (Phi) is 5.58. The molecule has 6 heteroatoms. The van der Waals surface area contributed by atoms with E-state index < -0.39 is 0 Å². The molecule has 3 heterocycles. The number of pyridine rings is 1. The number of aromatic nitrogens is 3. The Labute approximate surface area is 165 Å². The quantitative estimate of drug-likeness (QED) is 0.691. The lowest BCUT2D eigenvalue weighted by Crippen LogP contribution is -2.43. The SMILES string of the molecule is Cc1n[nH]c(C)c1CCOc1ccccc1-c1ccnc(N2CCNCC2)c1. The molecule has 1 aliphatic heterocycles. The van der Waals surface area contributed by atoms with Crippen molar-refractivity contribution in [1.82, 2.24) is 20.5 Å². The monoisotopic (exact) mass is 377 g/mol. The number of benzene rings is 1. The van der Waals surface area contributed by atoms with E-state index in [9.17, 15) is 0 Å². The van der Waals surface area contributed by atoms with Crippen LogP contribution in [0, 0.1) is 13.8 Å². The number of aryl methyl sites for hydroxylation is 2. The van der Waals surface area contributed by atoms with Gasteiger partial charge in [-0.25, -0.2) is 4.98 Å². The zero-order valence-corrected chi connectivity index (χ0v) is 16.5. The number of nitrogens with one attached hydrogen (secondary N) is 2. The molecule has 1 saturated heterocycles. The maximum atomic E-state index is 6.17. The van der Waals surface area contributed by atoms with Crippen LogP contribution in [0.4, 0.5) is 5.82 Å². The smallest absolute Gasteiger partial charge is 0.129 e. The van der Waals surface area contributed by atoms with E-state index in [1.165, 1.54) is 5.56 Å². The van der Waals surface area contributed by atoms with E-state index in [-0.39, 0.29) is 0 Å². The van der Waals surface area contributed by atoms with Crippen LogP contribution >= 0.6 is 0 Å². The van der Waals surface area contributed by atoms with E-state index in [0.717, 1.165) is 66.7 Å². The van der Waals surface area contributed by atoms with Crippen molar-refractivity contribution in [2.24, 2.45) is 0 Å². The largest absolute Gasteiger partial charge is 0.493 e. The topological polar surface area (TPSA) is 66.1 Å². The third-order valence-electron chi connectivity index (χ3n) is 5.27. The molecule has 1 aromatic carbocycles. The molecule has 2 aromatic heterocycles. The minimum atomic E-state index is 0.619. The molecule has 1 fully saturated rings. The van der Waals surface area contributed by atoms with Crippen LogP contribution in [0.25, 0.3) is 11.1 Å². The van der Waals surface area contributed by atoms with Crippen molar-refractivity contribution >= 4 is 5.82 Å². The lowest BCUT2D eigenvalue weighted by Gasteiger charge is -2.28. The first-order valence-electron chi connectivity index (χ1n) is 9.87. The van der Waals surface area contributed by atoms with E-state index in [4.69, 9.17) is 4.74 Å². The third-order valence-corrected chi connectivity index (χ3v) is 5.27. The highest BCUT2D eigenvalue weighted by molar-refractivity contribution is 5.72. The molecular formula is C22H27N5O. The zero-order chi connectivity index (χ0) is 19.3. The molecule has 0 amide bonds. The molecule has 0 unspecified atom stereocenters. The van der Waals surface area contributed by atoms with Crippen LogP contribution in [-0.4, -0.2) is 48.0 Å². The Morgan fingerprint density at radius 2 is 1.93 bits per heavy atom. The van der Waals surface area contributed by atoms with Gasteiger partial charge in [-0.1, -0.05) is 18.2 Å². The molecule has 1 aliphatic rings. The highest BCUT2D eigenvalue weighted by Gasteiger charge is 2.14. The molecule has 0 radical (unpaired) electrons. The van der Waals surface area contributed by atoms with Gasteiger partial charge in [0.1, 0.15) is 11.6 Å². The summed E-state index contributed by atoms with van der Waals surface area (Å²) in [5, 5.41) is 10.7. The third kappa shape index (κ3) is 4.02. The van der Waals surface area contributed by atoms with E-state index in [1.54, 1.807) is 0 Å². The molecule has 2 N–H and O–H groups in total. The second-order valence-electron chi connectivity index (χ2n) is 7.15. The molecule has 0 saturated carbocycles. The van der Waals surface area contributed by atoms with Crippen molar-refractivity contribution in [3.8, 4) is 16.9 Å². The fourth-order valence-electron chi connectivity index (χ4n) is 3.69. The van der Waals surface area contributed by atoms with Gasteiger partial charge in [0.2, 0.25) is 0 Å². The number of ether oxygens (including phenoxy) is 1. The summed E-state index contributed by atoms with van der Waals surface area (Å²) in [6, 6.07) is 12.4. The second kappa shape index (κ2) is 8.44. The van der Waals surface area contributed by atoms with Gasteiger partial charge in [0, 0.05) is 50.1 Å². The molecule has 28 heavy (non-hydrogen) atoms. The number of hydrogen-bond acceptors (Lipinski definition) is 5. The van der Waals surface area contributed by atoms with E-state index >= 15 is 0 Å². The van der Waals surface area contributed by atoms with Crippen molar-refractivity contribution in [2.45, 2.75) is 20.3 Å². The standard InChI is InChI=1S/C22H27N5O/c1-16-19(17(2)26-25-16)8-14-28-21-6-4-3-5-20(21)18-7-9-24-22(15-18)27-12-10-23-11-13-27/h3-7,9,15,23H,8,10-14H2,1-2H3,(H,25,26). The van der Waals surface area contributed by atoms with Gasteiger partial charge in [-0.3, -0.25) is 5.10 Å². The highest BCUT2D eigenvalue weighted by atomic mass is 16.5. The Balaban J connectivity index is 1.51. The van der Waals surface area contributed by atoms with Crippen LogP contribution in [-0.2, 0) is 6.42 Å². The molecule has 0 spiro atoms. The van der Waals surface area contributed by atoms with Gasteiger partial charge < -0.3 is 15.0 Å². The maximum Gasteiger partial charge on any atom is 0.129 e. The van der Waals surface area contributed by atoms with Crippen LogP contribution in [0.15, 0.2) is 42.6 Å². The van der Waals surface area contributed by atoms with Crippen LogP contribution in [0.5, 0.6) is 5.75 Å². The Morgan fingerprint density at radius 3 is 2.71 bits per heavy atom. The molecule has 4 rings (SSSR count).